The van der Waals surface area contributed by atoms with E-state index in [9.17, 15) is 5.11 Å². The normalized spacial score (nSPS) is 20.4. The Morgan fingerprint density at radius 2 is 2.35 bits per heavy atom. The zero-order valence-electron chi connectivity index (χ0n) is 9.56. The Morgan fingerprint density at radius 1 is 1.53 bits per heavy atom. The predicted molar refractivity (Wildman–Crippen MR) is 69.4 cm³/mol. The summed E-state index contributed by atoms with van der Waals surface area (Å²) in [4.78, 5) is 2.30. The summed E-state index contributed by atoms with van der Waals surface area (Å²) < 4.78 is 0.972. The fraction of sp³-hybridized carbons (Fsp3) is 0.462. The van der Waals surface area contributed by atoms with Gasteiger partial charge in [0.05, 0.1) is 18.2 Å². The third-order valence-electron chi connectivity index (χ3n) is 3.27. The standard InChI is InChI=1S/C13H15BrN2O/c14-13-6-10(7-15)3-4-11(13)8-16-5-1-2-12(16)9-17/h3-4,6,12,17H,1-2,5,8-9H2. The molecule has 0 spiro atoms. The Bertz CT molecular complexity index is 442. The summed E-state index contributed by atoms with van der Waals surface area (Å²) in [7, 11) is 0. The van der Waals surface area contributed by atoms with Gasteiger partial charge in [0.2, 0.25) is 0 Å². The molecule has 1 heterocycles. The molecule has 1 aromatic rings. The molecule has 1 N–H and O–H groups in total. The van der Waals surface area contributed by atoms with Gasteiger partial charge in [0, 0.05) is 17.1 Å². The van der Waals surface area contributed by atoms with Gasteiger partial charge in [0.15, 0.2) is 0 Å². The van der Waals surface area contributed by atoms with E-state index in [1.165, 1.54) is 5.56 Å². The highest BCUT2D eigenvalue weighted by Crippen LogP contribution is 2.24. The lowest BCUT2D eigenvalue weighted by Crippen LogP contribution is -2.31. The van der Waals surface area contributed by atoms with Crippen molar-refractivity contribution in [2.75, 3.05) is 13.2 Å². The van der Waals surface area contributed by atoms with Crippen molar-refractivity contribution >= 4 is 15.9 Å². The zero-order valence-corrected chi connectivity index (χ0v) is 11.2. The number of likely N-dealkylation sites (tertiary alicyclic amines) is 1. The van der Waals surface area contributed by atoms with Gasteiger partial charge in [0.1, 0.15) is 0 Å². The van der Waals surface area contributed by atoms with Crippen LogP contribution in [0.2, 0.25) is 0 Å². The average molecular weight is 295 g/mol. The number of nitrogens with zero attached hydrogens (tertiary/aromatic N) is 2. The Labute approximate surface area is 110 Å². The van der Waals surface area contributed by atoms with Gasteiger partial charge in [-0.05, 0) is 37.1 Å². The van der Waals surface area contributed by atoms with Crippen LogP contribution in [0.3, 0.4) is 0 Å². The van der Waals surface area contributed by atoms with Gasteiger partial charge < -0.3 is 5.11 Å². The van der Waals surface area contributed by atoms with E-state index in [4.69, 9.17) is 5.26 Å². The van der Waals surface area contributed by atoms with Crippen LogP contribution in [0.15, 0.2) is 22.7 Å². The molecule has 1 fully saturated rings. The first-order chi connectivity index (χ1) is 8.24. The molecule has 17 heavy (non-hydrogen) atoms. The first kappa shape index (κ1) is 12.6. The minimum Gasteiger partial charge on any atom is -0.395 e. The Hall–Kier alpha value is -0.890. The predicted octanol–water partition coefficient (Wildman–Crippen LogP) is 2.28. The van der Waals surface area contributed by atoms with E-state index in [-0.39, 0.29) is 12.6 Å². The second-order valence-electron chi connectivity index (χ2n) is 4.37. The van der Waals surface area contributed by atoms with Crippen molar-refractivity contribution in [2.24, 2.45) is 0 Å². The monoisotopic (exact) mass is 294 g/mol. The number of hydrogen-bond acceptors (Lipinski definition) is 3. The Kier molecular flexibility index (Phi) is 4.16. The SMILES string of the molecule is N#Cc1ccc(CN2CCCC2CO)c(Br)c1. The largest absolute Gasteiger partial charge is 0.395 e. The first-order valence-corrected chi connectivity index (χ1v) is 6.57. The summed E-state index contributed by atoms with van der Waals surface area (Å²) in [6.07, 6.45) is 2.23. The quantitative estimate of drug-likeness (QED) is 0.930. The Morgan fingerprint density at radius 3 is 3.00 bits per heavy atom. The first-order valence-electron chi connectivity index (χ1n) is 5.78. The van der Waals surface area contributed by atoms with E-state index >= 15 is 0 Å². The number of hydrogen-bond donors (Lipinski definition) is 1. The molecule has 1 atom stereocenters. The maximum absolute atomic E-state index is 9.27. The summed E-state index contributed by atoms with van der Waals surface area (Å²) in [5.41, 5.74) is 1.84. The van der Waals surface area contributed by atoms with Crippen molar-refractivity contribution < 1.29 is 5.11 Å². The van der Waals surface area contributed by atoms with Crippen LogP contribution in [0.1, 0.15) is 24.0 Å². The third-order valence-corrected chi connectivity index (χ3v) is 4.00. The minimum atomic E-state index is 0.230. The molecule has 3 nitrogen and oxygen atoms in total. The van der Waals surface area contributed by atoms with Crippen LogP contribution in [-0.2, 0) is 6.54 Å². The van der Waals surface area contributed by atoms with Gasteiger partial charge in [-0.2, -0.15) is 5.26 Å². The molecule has 1 saturated heterocycles. The third kappa shape index (κ3) is 2.86. The van der Waals surface area contributed by atoms with Crippen LogP contribution < -0.4 is 0 Å². The fourth-order valence-corrected chi connectivity index (χ4v) is 2.78. The van der Waals surface area contributed by atoms with E-state index in [2.05, 4.69) is 26.9 Å². The van der Waals surface area contributed by atoms with Gasteiger partial charge >= 0.3 is 0 Å². The number of rotatable bonds is 3. The van der Waals surface area contributed by atoms with Crippen LogP contribution in [0, 0.1) is 11.3 Å². The van der Waals surface area contributed by atoms with Crippen LogP contribution >= 0.6 is 15.9 Å². The maximum atomic E-state index is 9.27. The van der Waals surface area contributed by atoms with Crippen molar-refractivity contribution in [3.05, 3.63) is 33.8 Å². The summed E-state index contributed by atoms with van der Waals surface area (Å²) in [5.74, 6) is 0. The number of nitriles is 1. The molecule has 0 bridgehead atoms. The smallest absolute Gasteiger partial charge is 0.0992 e. The lowest BCUT2D eigenvalue weighted by Gasteiger charge is -2.23. The van der Waals surface area contributed by atoms with E-state index in [1.807, 2.05) is 18.2 Å². The highest BCUT2D eigenvalue weighted by Gasteiger charge is 2.23. The van der Waals surface area contributed by atoms with Crippen molar-refractivity contribution in [2.45, 2.75) is 25.4 Å². The summed E-state index contributed by atoms with van der Waals surface area (Å²) >= 11 is 3.50. The van der Waals surface area contributed by atoms with Gasteiger partial charge in [-0.1, -0.05) is 22.0 Å². The number of aliphatic hydroxyl groups is 1. The number of aliphatic hydroxyl groups excluding tert-OH is 1. The second kappa shape index (κ2) is 5.63. The number of benzene rings is 1. The molecule has 2 rings (SSSR count). The van der Waals surface area contributed by atoms with E-state index < -0.39 is 0 Å². The molecule has 0 amide bonds. The fourth-order valence-electron chi connectivity index (χ4n) is 2.27. The molecule has 1 aromatic carbocycles. The molecule has 0 saturated carbocycles. The van der Waals surface area contributed by atoms with Crippen LogP contribution in [0.4, 0.5) is 0 Å². The molecule has 4 heteroatoms. The van der Waals surface area contributed by atoms with Crippen LogP contribution in [0.25, 0.3) is 0 Å². The van der Waals surface area contributed by atoms with E-state index in [0.29, 0.717) is 5.56 Å². The van der Waals surface area contributed by atoms with Crippen LogP contribution in [0.5, 0.6) is 0 Å². The maximum Gasteiger partial charge on any atom is 0.0992 e. The van der Waals surface area contributed by atoms with E-state index in [1.54, 1.807) is 0 Å². The molecule has 1 aliphatic rings. The molecule has 1 aliphatic heterocycles. The summed E-state index contributed by atoms with van der Waals surface area (Å²) in [5, 5.41) is 18.1. The van der Waals surface area contributed by atoms with Gasteiger partial charge in [0.25, 0.3) is 0 Å². The molecule has 0 radical (unpaired) electrons. The highest BCUT2D eigenvalue weighted by atomic mass is 79.9. The van der Waals surface area contributed by atoms with Gasteiger partial charge in [-0.3, -0.25) is 4.90 Å². The Balaban J connectivity index is 2.11. The van der Waals surface area contributed by atoms with E-state index in [0.717, 1.165) is 30.4 Å². The topological polar surface area (TPSA) is 47.3 Å². The van der Waals surface area contributed by atoms with Gasteiger partial charge in [-0.15, -0.1) is 0 Å². The molecule has 1 unspecified atom stereocenters. The molecule has 90 valence electrons. The molecule has 0 aromatic heterocycles. The lowest BCUT2D eigenvalue weighted by atomic mass is 10.1. The summed E-state index contributed by atoms with van der Waals surface area (Å²) in [6.45, 7) is 2.10. The second-order valence-corrected chi connectivity index (χ2v) is 5.22. The van der Waals surface area contributed by atoms with Gasteiger partial charge in [-0.25, -0.2) is 0 Å². The zero-order chi connectivity index (χ0) is 12.3. The molecular formula is C13H15BrN2O. The number of halogens is 1. The van der Waals surface area contributed by atoms with Crippen molar-refractivity contribution in [3.8, 4) is 6.07 Å². The minimum absolute atomic E-state index is 0.230. The van der Waals surface area contributed by atoms with Crippen LogP contribution in [-0.4, -0.2) is 29.2 Å². The highest BCUT2D eigenvalue weighted by molar-refractivity contribution is 9.10. The molecule has 0 aliphatic carbocycles. The molecular weight excluding hydrogens is 280 g/mol. The van der Waals surface area contributed by atoms with Crippen molar-refractivity contribution in [1.82, 2.24) is 4.90 Å². The van der Waals surface area contributed by atoms with Crippen molar-refractivity contribution in [1.29, 1.82) is 5.26 Å². The van der Waals surface area contributed by atoms with Crippen molar-refractivity contribution in [3.63, 3.8) is 0 Å². The lowest BCUT2D eigenvalue weighted by molar-refractivity contribution is 0.153. The average Bonchev–Trinajstić information content (AvgIpc) is 2.79. The summed E-state index contributed by atoms with van der Waals surface area (Å²) in [6, 6.07) is 8.08.